The number of carbonyl (C=O) groups excluding carboxylic acids is 2. The van der Waals surface area contributed by atoms with Gasteiger partial charge in [0.1, 0.15) is 11.6 Å². The number of likely N-dealkylation sites (N-methyl/N-ethyl adjacent to an activating group) is 1. The van der Waals surface area contributed by atoms with Gasteiger partial charge in [-0.15, -0.1) is 0 Å². The number of nitrogens with one attached hydrogen (secondary N) is 1. The van der Waals surface area contributed by atoms with Crippen LogP contribution in [0, 0.1) is 11.7 Å². The number of carbonyl (C=O) groups is 2. The first-order chi connectivity index (χ1) is 15.5. The van der Waals surface area contributed by atoms with Gasteiger partial charge in [-0.3, -0.25) is 9.59 Å². The van der Waals surface area contributed by atoms with E-state index in [9.17, 15) is 14.0 Å². The Labute approximate surface area is 189 Å². The van der Waals surface area contributed by atoms with Crippen molar-refractivity contribution in [1.82, 2.24) is 10.2 Å². The molecule has 1 saturated heterocycles. The molecule has 1 fully saturated rings. The van der Waals surface area contributed by atoms with Crippen molar-refractivity contribution < 1.29 is 18.7 Å². The zero-order valence-corrected chi connectivity index (χ0v) is 19.0. The number of amides is 2. The molecular formula is C25H32FN3O3. The molecule has 2 aromatic rings. The standard InChI is InChI=1S/C25H32FN3O3/c1-4-28(5-2)17-16-27-25(31)22-14-15-23(30)29(20-10-12-21(32-3)13-11-20)24(22)18-6-8-19(26)9-7-18/h6-13,22,24H,4-5,14-17H2,1-3H3,(H,27,31)/t22-,24+/m0/s1. The van der Waals surface area contributed by atoms with Gasteiger partial charge < -0.3 is 19.9 Å². The Morgan fingerprint density at radius 2 is 1.78 bits per heavy atom. The number of nitrogens with zero attached hydrogens (tertiary/aromatic N) is 2. The highest BCUT2D eigenvalue weighted by Crippen LogP contribution is 2.40. The minimum atomic E-state index is -0.515. The molecule has 1 heterocycles. The van der Waals surface area contributed by atoms with Gasteiger partial charge >= 0.3 is 0 Å². The highest BCUT2D eigenvalue weighted by molar-refractivity contribution is 5.97. The Bertz CT molecular complexity index is 898. The molecule has 1 N–H and O–H groups in total. The van der Waals surface area contributed by atoms with Crippen molar-refractivity contribution in [2.24, 2.45) is 5.92 Å². The van der Waals surface area contributed by atoms with Crippen molar-refractivity contribution in [3.8, 4) is 5.75 Å². The molecule has 0 saturated carbocycles. The van der Waals surface area contributed by atoms with Crippen molar-refractivity contribution in [3.63, 3.8) is 0 Å². The van der Waals surface area contributed by atoms with Gasteiger partial charge in [0, 0.05) is 25.2 Å². The van der Waals surface area contributed by atoms with Crippen LogP contribution < -0.4 is 15.0 Å². The lowest BCUT2D eigenvalue weighted by atomic mass is 9.83. The van der Waals surface area contributed by atoms with Crippen LogP contribution >= 0.6 is 0 Å². The number of rotatable bonds is 9. The van der Waals surface area contributed by atoms with Crippen molar-refractivity contribution in [3.05, 3.63) is 59.9 Å². The summed E-state index contributed by atoms with van der Waals surface area (Å²) in [5.41, 5.74) is 1.42. The van der Waals surface area contributed by atoms with Gasteiger partial charge in [-0.05, 0) is 61.5 Å². The van der Waals surface area contributed by atoms with Crippen molar-refractivity contribution >= 4 is 17.5 Å². The molecule has 172 valence electrons. The minimum absolute atomic E-state index is 0.0586. The fourth-order valence-electron chi connectivity index (χ4n) is 4.26. The van der Waals surface area contributed by atoms with Gasteiger partial charge in [0.2, 0.25) is 11.8 Å². The molecule has 0 bridgehead atoms. The molecule has 7 heteroatoms. The molecule has 0 spiro atoms. The number of anilines is 1. The highest BCUT2D eigenvalue weighted by Gasteiger charge is 2.41. The lowest BCUT2D eigenvalue weighted by molar-refractivity contribution is -0.129. The van der Waals surface area contributed by atoms with E-state index in [4.69, 9.17) is 4.74 Å². The molecule has 0 unspecified atom stereocenters. The van der Waals surface area contributed by atoms with Crippen molar-refractivity contribution in [2.75, 3.05) is 38.2 Å². The molecule has 0 aliphatic carbocycles. The number of hydrogen-bond donors (Lipinski definition) is 1. The Hall–Kier alpha value is -2.93. The maximum Gasteiger partial charge on any atom is 0.227 e. The van der Waals surface area contributed by atoms with Crippen LogP contribution in [-0.4, -0.2) is 50.0 Å². The third-order valence-electron chi connectivity index (χ3n) is 6.12. The second kappa shape index (κ2) is 11.1. The summed E-state index contributed by atoms with van der Waals surface area (Å²) in [5.74, 6) is -0.250. The topological polar surface area (TPSA) is 61.9 Å². The molecule has 32 heavy (non-hydrogen) atoms. The number of halogens is 1. The summed E-state index contributed by atoms with van der Waals surface area (Å²) in [6.45, 7) is 7.35. The van der Waals surface area contributed by atoms with Gasteiger partial charge in [-0.2, -0.15) is 0 Å². The van der Waals surface area contributed by atoms with Gasteiger partial charge in [-0.1, -0.05) is 26.0 Å². The van der Waals surface area contributed by atoms with Gasteiger partial charge in [0.15, 0.2) is 0 Å². The molecule has 0 aromatic heterocycles. The number of benzene rings is 2. The summed E-state index contributed by atoms with van der Waals surface area (Å²) in [7, 11) is 1.58. The van der Waals surface area contributed by atoms with Crippen LogP contribution in [0.15, 0.2) is 48.5 Å². The molecule has 1 aliphatic heterocycles. The average molecular weight is 442 g/mol. The van der Waals surface area contributed by atoms with E-state index in [0.29, 0.717) is 24.4 Å². The van der Waals surface area contributed by atoms with E-state index < -0.39 is 12.0 Å². The average Bonchev–Trinajstić information content (AvgIpc) is 2.82. The van der Waals surface area contributed by atoms with Crippen LogP contribution in [0.25, 0.3) is 0 Å². The summed E-state index contributed by atoms with van der Waals surface area (Å²) in [4.78, 5) is 30.2. The molecule has 3 rings (SSSR count). The molecular weight excluding hydrogens is 409 g/mol. The fourth-order valence-corrected chi connectivity index (χ4v) is 4.26. The predicted octanol–water partition coefficient (Wildman–Crippen LogP) is 3.78. The summed E-state index contributed by atoms with van der Waals surface area (Å²) in [5, 5.41) is 3.06. The molecule has 0 radical (unpaired) electrons. The summed E-state index contributed by atoms with van der Waals surface area (Å²) < 4.78 is 18.9. The Balaban J connectivity index is 1.90. The molecule has 2 aromatic carbocycles. The molecule has 1 aliphatic rings. The first-order valence-electron chi connectivity index (χ1n) is 11.2. The van der Waals surface area contributed by atoms with Crippen LogP contribution in [0.5, 0.6) is 5.75 Å². The first kappa shape index (κ1) is 23.7. The number of piperidine rings is 1. The van der Waals surface area contributed by atoms with E-state index in [0.717, 1.165) is 25.2 Å². The van der Waals surface area contributed by atoms with Crippen LogP contribution in [0.2, 0.25) is 0 Å². The summed E-state index contributed by atoms with van der Waals surface area (Å²) in [6.07, 6.45) is 0.725. The predicted molar refractivity (Wildman–Crippen MR) is 123 cm³/mol. The Morgan fingerprint density at radius 1 is 1.12 bits per heavy atom. The van der Waals surface area contributed by atoms with Crippen molar-refractivity contribution in [2.45, 2.75) is 32.7 Å². The quantitative estimate of drug-likeness (QED) is 0.643. The number of hydrogen-bond acceptors (Lipinski definition) is 4. The SMILES string of the molecule is CCN(CC)CCNC(=O)[C@H]1CCC(=O)N(c2ccc(OC)cc2)[C@@H]1c1ccc(F)cc1. The fraction of sp³-hybridized carbons (Fsp3) is 0.440. The Morgan fingerprint density at radius 3 is 2.38 bits per heavy atom. The Kier molecular flexibility index (Phi) is 8.22. The highest BCUT2D eigenvalue weighted by atomic mass is 19.1. The van der Waals surface area contributed by atoms with Gasteiger partial charge in [-0.25, -0.2) is 4.39 Å². The van der Waals surface area contributed by atoms with Gasteiger partial charge in [0.05, 0.1) is 19.1 Å². The lowest BCUT2D eigenvalue weighted by Gasteiger charge is -2.41. The largest absolute Gasteiger partial charge is 0.497 e. The van der Waals surface area contributed by atoms with E-state index >= 15 is 0 Å². The van der Waals surface area contributed by atoms with E-state index in [-0.39, 0.29) is 24.1 Å². The normalized spacial score (nSPS) is 18.7. The van der Waals surface area contributed by atoms with Crippen LogP contribution in [-0.2, 0) is 9.59 Å². The first-order valence-corrected chi connectivity index (χ1v) is 11.2. The zero-order valence-electron chi connectivity index (χ0n) is 19.0. The van der Waals surface area contributed by atoms with E-state index in [2.05, 4.69) is 24.1 Å². The third-order valence-corrected chi connectivity index (χ3v) is 6.12. The molecule has 2 amide bonds. The van der Waals surface area contributed by atoms with Crippen LogP contribution in [0.3, 0.4) is 0 Å². The van der Waals surface area contributed by atoms with Crippen LogP contribution in [0.1, 0.15) is 38.3 Å². The second-order valence-electron chi connectivity index (χ2n) is 7.92. The minimum Gasteiger partial charge on any atom is -0.497 e. The van der Waals surface area contributed by atoms with Crippen molar-refractivity contribution in [1.29, 1.82) is 0 Å². The summed E-state index contributed by atoms with van der Waals surface area (Å²) in [6, 6.07) is 12.7. The molecule has 2 atom stereocenters. The maximum atomic E-state index is 13.6. The second-order valence-corrected chi connectivity index (χ2v) is 7.92. The lowest BCUT2D eigenvalue weighted by Crippen LogP contribution is -2.49. The third kappa shape index (κ3) is 5.46. The number of ether oxygens (including phenoxy) is 1. The zero-order chi connectivity index (χ0) is 23.1. The maximum absolute atomic E-state index is 13.6. The number of methoxy groups -OCH3 is 1. The summed E-state index contributed by atoms with van der Waals surface area (Å²) >= 11 is 0. The molecule has 6 nitrogen and oxygen atoms in total. The van der Waals surface area contributed by atoms with Gasteiger partial charge in [0.25, 0.3) is 0 Å². The van der Waals surface area contributed by atoms with E-state index in [1.807, 2.05) is 12.1 Å². The van der Waals surface area contributed by atoms with Crippen LogP contribution in [0.4, 0.5) is 10.1 Å². The van der Waals surface area contributed by atoms with E-state index in [1.165, 1.54) is 12.1 Å². The smallest absolute Gasteiger partial charge is 0.227 e. The van der Waals surface area contributed by atoms with E-state index in [1.54, 1.807) is 36.3 Å². The monoisotopic (exact) mass is 441 g/mol.